The lowest BCUT2D eigenvalue weighted by Crippen LogP contribution is -2.50. The highest BCUT2D eigenvalue weighted by molar-refractivity contribution is 5.62. The highest BCUT2D eigenvalue weighted by Gasteiger charge is 2.31. The number of rotatable bonds is 4. The molecule has 0 aromatic carbocycles. The SMILES string of the molecule is CNc1ccc([N+](=O)[O-])c(N2CC(CO)OCC2C)n1. The number of hydrogen-bond acceptors (Lipinski definition) is 7. The fourth-order valence-corrected chi connectivity index (χ4v) is 2.16. The molecule has 1 fully saturated rings. The Morgan fingerprint density at radius 2 is 2.40 bits per heavy atom. The van der Waals surface area contributed by atoms with Crippen molar-refractivity contribution >= 4 is 17.3 Å². The Balaban J connectivity index is 2.40. The first-order chi connectivity index (χ1) is 9.56. The number of aliphatic hydroxyl groups excluding tert-OH is 1. The molecular formula is C12H18N4O4. The molecule has 8 nitrogen and oxygen atoms in total. The molecule has 2 atom stereocenters. The third kappa shape index (κ3) is 2.81. The molecule has 1 aliphatic rings. The minimum atomic E-state index is -0.447. The normalized spacial score (nSPS) is 22.6. The molecule has 2 N–H and O–H groups in total. The number of nitrogens with zero attached hydrogens (tertiary/aromatic N) is 3. The van der Waals surface area contributed by atoms with Crippen molar-refractivity contribution in [2.45, 2.75) is 19.1 Å². The average molecular weight is 282 g/mol. The van der Waals surface area contributed by atoms with E-state index in [0.717, 1.165) is 0 Å². The lowest BCUT2D eigenvalue weighted by atomic mass is 10.2. The average Bonchev–Trinajstić information content (AvgIpc) is 2.47. The van der Waals surface area contributed by atoms with Crippen LogP contribution in [0.3, 0.4) is 0 Å². The molecule has 2 heterocycles. The van der Waals surface area contributed by atoms with Crippen LogP contribution in [0.25, 0.3) is 0 Å². The summed E-state index contributed by atoms with van der Waals surface area (Å²) in [5.41, 5.74) is -0.0468. The van der Waals surface area contributed by atoms with Crippen molar-refractivity contribution in [3.63, 3.8) is 0 Å². The van der Waals surface area contributed by atoms with Crippen molar-refractivity contribution in [2.75, 3.05) is 37.0 Å². The molecule has 0 aliphatic carbocycles. The van der Waals surface area contributed by atoms with Gasteiger partial charge in [-0.15, -0.1) is 0 Å². The molecule has 1 aromatic rings. The van der Waals surface area contributed by atoms with E-state index >= 15 is 0 Å². The van der Waals surface area contributed by atoms with Crippen molar-refractivity contribution in [1.29, 1.82) is 0 Å². The van der Waals surface area contributed by atoms with Crippen LogP contribution in [0, 0.1) is 10.1 Å². The topological polar surface area (TPSA) is 101 Å². The first-order valence-electron chi connectivity index (χ1n) is 6.39. The number of aromatic nitrogens is 1. The molecule has 1 aliphatic heterocycles. The highest BCUT2D eigenvalue weighted by atomic mass is 16.6. The fourth-order valence-electron chi connectivity index (χ4n) is 2.16. The van der Waals surface area contributed by atoms with Crippen molar-refractivity contribution in [3.05, 3.63) is 22.2 Å². The van der Waals surface area contributed by atoms with Gasteiger partial charge < -0.3 is 20.1 Å². The molecule has 8 heteroatoms. The molecule has 20 heavy (non-hydrogen) atoms. The van der Waals surface area contributed by atoms with E-state index in [0.29, 0.717) is 24.8 Å². The Bertz CT molecular complexity index is 496. The zero-order chi connectivity index (χ0) is 14.7. The van der Waals surface area contributed by atoms with E-state index in [2.05, 4.69) is 10.3 Å². The van der Waals surface area contributed by atoms with Crippen LogP contribution in [-0.4, -0.2) is 54.0 Å². The summed E-state index contributed by atoms with van der Waals surface area (Å²) in [5, 5.41) is 23.2. The number of pyridine rings is 1. The van der Waals surface area contributed by atoms with Gasteiger partial charge in [0.1, 0.15) is 5.82 Å². The van der Waals surface area contributed by atoms with Crippen LogP contribution in [0.4, 0.5) is 17.3 Å². The quantitative estimate of drug-likeness (QED) is 0.616. The molecule has 0 spiro atoms. The zero-order valence-electron chi connectivity index (χ0n) is 11.4. The third-order valence-electron chi connectivity index (χ3n) is 3.29. The van der Waals surface area contributed by atoms with Gasteiger partial charge in [-0.05, 0) is 13.0 Å². The number of nitrogens with one attached hydrogen (secondary N) is 1. The lowest BCUT2D eigenvalue weighted by Gasteiger charge is -2.37. The van der Waals surface area contributed by atoms with E-state index in [9.17, 15) is 15.2 Å². The van der Waals surface area contributed by atoms with Crippen LogP contribution in [-0.2, 0) is 4.74 Å². The van der Waals surface area contributed by atoms with E-state index < -0.39 is 4.92 Å². The number of aliphatic hydroxyl groups is 1. The minimum absolute atomic E-state index is 0.0453. The Morgan fingerprint density at radius 1 is 1.65 bits per heavy atom. The maximum absolute atomic E-state index is 11.2. The van der Waals surface area contributed by atoms with Crippen LogP contribution < -0.4 is 10.2 Å². The van der Waals surface area contributed by atoms with Gasteiger partial charge in [-0.1, -0.05) is 0 Å². The number of hydrogen-bond donors (Lipinski definition) is 2. The summed E-state index contributed by atoms with van der Waals surface area (Å²) in [6.07, 6.45) is -0.356. The summed E-state index contributed by atoms with van der Waals surface area (Å²) < 4.78 is 5.44. The lowest BCUT2D eigenvalue weighted by molar-refractivity contribution is -0.384. The summed E-state index contributed by atoms with van der Waals surface area (Å²) in [6.45, 7) is 2.56. The Labute approximate surface area is 116 Å². The van der Waals surface area contributed by atoms with E-state index in [4.69, 9.17) is 4.74 Å². The molecule has 1 saturated heterocycles. The van der Waals surface area contributed by atoms with Gasteiger partial charge >= 0.3 is 5.69 Å². The number of anilines is 2. The second-order valence-electron chi connectivity index (χ2n) is 4.69. The summed E-state index contributed by atoms with van der Waals surface area (Å²) >= 11 is 0. The maximum Gasteiger partial charge on any atom is 0.311 e. The summed E-state index contributed by atoms with van der Waals surface area (Å²) in [7, 11) is 1.71. The summed E-state index contributed by atoms with van der Waals surface area (Å²) in [6, 6.07) is 2.96. The third-order valence-corrected chi connectivity index (χ3v) is 3.29. The van der Waals surface area contributed by atoms with Gasteiger partial charge in [0.05, 0.1) is 30.3 Å². The van der Waals surface area contributed by atoms with Crippen molar-refractivity contribution in [2.24, 2.45) is 0 Å². The largest absolute Gasteiger partial charge is 0.394 e. The highest BCUT2D eigenvalue weighted by Crippen LogP contribution is 2.30. The van der Waals surface area contributed by atoms with Crippen molar-refractivity contribution < 1.29 is 14.8 Å². The Morgan fingerprint density at radius 3 is 3.00 bits per heavy atom. The number of nitro groups is 1. The first-order valence-corrected chi connectivity index (χ1v) is 6.39. The molecule has 0 bridgehead atoms. The van der Waals surface area contributed by atoms with Gasteiger partial charge in [0.15, 0.2) is 0 Å². The standard InChI is InChI=1S/C12H18N4O4/c1-8-7-20-9(6-17)5-15(8)12-10(16(18)19)3-4-11(13-2)14-12/h3-4,8-9,17H,5-7H2,1-2H3,(H,13,14). The molecule has 1 aromatic heterocycles. The molecular weight excluding hydrogens is 264 g/mol. The summed E-state index contributed by atoms with van der Waals surface area (Å²) in [4.78, 5) is 16.8. The minimum Gasteiger partial charge on any atom is -0.394 e. The van der Waals surface area contributed by atoms with Crippen molar-refractivity contribution in [3.8, 4) is 0 Å². The number of ether oxygens (including phenoxy) is 1. The second-order valence-corrected chi connectivity index (χ2v) is 4.69. The molecule has 0 saturated carbocycles. The van der Waals surface area contributed by atoms with Gasteiger partial charge in [0.2, 0.25) is 5.82 Å². The van der Waals surface area contributed by atoms with Crippen LogP contribution in [0.15, 0.2) is 12.1 Å². The van der Waals surface area contributed by atoms with Gasteiger partial charge in [0, 0.05) is 19.7 Å². The maximum atomic E-state index is 11.2. The van der Waals surface area contributed by atoms with E-state index in [1.807, 2.05) is 11.8 Å². The fraction of sp³-hybridized carbons (Fsp3) is 0.583. The second kappa shape index (κ2) is 6.02. The van der Waals surface area contributed by atoms with Crippen LogP contribution >= 0.6 is 0 Å². The Kier molecular flexibility index (Phi) is 4.35. The molecule has 110 valence electrons. The predicted molar refractivity (Wildman–Crippen MR) is 74.1 cm³/mol. The molecule has 2 unspecified atom stereocenters. The van der Waals surface area contributed by atoms with E-state index in [1.165, 1.54) is 6.07 Å². The smallest absolute Gasteiger partial charge is 0.311 e. The van der Waals surface area contributed by atoms with Gasteiger partial charge in [0.25, 0.3) is 0 Å². The van der Waals surface area contributed by atoms with Crippen LogP contribution in [0.1, 0.15) is 6.92 Å². The van der Waals surface area contributed by atoms with E-state index in [-0.39, 0.29) is 24.4 Å². The van der Waals surface area contributed by atoms with Crippen molar-refractivity contribution in [1.82, 2.24) is 4.98 Å². The number of morpholine rings is 1. The monoisotopic (exact) mass is 282 g/mol. The van der Waals surface area contributed by atoms with Gasteiger partial charge in [-0.3, -0.25) is 10.1 Å². The Hall–Kier alpha value is -1.93. The van der Waals surface area contributed by atoms with Crippen LogP contribution in [0.2, 0.25) is 0 Å². The molecule has 0 amide bonds. The molecule has 0 radical (unpaired) electrons. The summed E-state index contributed by atoms with van der Waals surface area (Å²) in [5.74, 6) is 0.862. The van der Waals surface area contributed by atoms with E-state index in [1.54, 1.807) is 13.1 Å². The molecule has 2 rings (SSSR count). The first kappa shape index (κ1) is 14.5. The van der Waals surface area contributed by atoms with Gasteiger partial charge in [-0.25, -0.2) is 4.98 Å². The zero-order valence-corrected chi connectivity index (χ0v) is 11.4. The van der Waals surface area contributed by atoms with Crippen LogP contribution in [0.5, 0.6) is 0 Å². The van der Waals surface area contributed by atoms with Gasteiger partial charge in [-0.2, -0.15) is 0 Å². The predicted octanol–water partition coefficient (Wildman–Crippen LogP) is 0.617.